The van der Waals surface area contributed by atoms with Crippen LogP contribution >= 0.6 is 0 Å². The lowest BCUT2D eigenvalue weighted by atomic mass is 10.1. The van der Waals surface area contributed by atoms with E-state index in [1.807, 2.05) is 0 Å². The lowest BCUT2D eigenvalue weighted by Crippen LogP contribution is -2.16. The molecule has 0 heterocycles. The van der Waals surface area contributed by atoms with Gasteiger partial charge in [0.1, 0.15) is 0 Å². The third-order valence-corrected chi connectivity index (χ3v) is 1.16. The van der Waals surface area contributed by atoms with Crippen molar-refractivity contribution in [3.05, 3.63) is 0 Å². The molecule has 0 rings (SSSR count). The van der Waals surface area contributed by atoms with Gasteiger partial charge in [0.25, 0.3) is 0 Å². The van der Waals surface area contributed by atoms with E-state index in [1.165, 1.54) is 0 Å². The normalized spacial score (nSPS) is 10.2. The predicted molar refractivity (Wildman–Crippen MR) is 40.6 cm³/mol. The standard InChI is InChI=1S/C7H15NO3/c1-6(2)3-4-10-7(9)5-11-8/h6H,3-5,8H2,1-2H3. The van der Waals surface area contributed by atoms with Gasteiger partial charge in [0, 0.05) is 0 Å². The summed E-state index contributed by atoms with van der Waals surface area (Å²) in [4.78, 5) is 14.7. The summed E-state index contributed by atoms with van der Waals surface area (Å²) in [5.41, 5.74) is 0. The molecule has 4 heteroatoms. The van der Waals surface area contributed by atoms with Gasteiger partial charge in [0.15, 0.2) is 6.61 Å². The van der Waals surface area contributed by atoms with E-state index in [0.717, 1.165) is 6.42 Å². The third kappa shape index (κ3) is 7.29. The van der Waals surface area contributed by atoms with Gasteiger partial charge in [-0.25, -0.2) is 10.7 Å². The Hall–Kier alpha value is -0.610. The van der Waals surface area contributed by atoms with Crippen LogP contribution in [0.3, 0.4) is 0 Å². The van der Waals surface area contributed by atoms with Crippen LogP contribution in [-0.2, 0) is 14.4 Å². The van der Waals surface area contributed by atoms with Crippen molar-refractivity contribution in [3.63, 3.8) is 0 Å². The Morgan fingerprint density at radius 1 is 1.55 bits per heavy atom. The van der Waals surface area contributed by atoms with Crippen LogP contribution in [0.1, 0.15) is 20.3 Å². The molecule has 4 nitrogen and oxygen atoms in total. The minimum atomic E-state index is -0.409. The number of nitrogens with two attached hydrogens (primary N) is 1. The average Bonchev–Trinajstić information content (AvgIpc) is 1.87. The maximum Gasteiger partial charge on any atom is 0.334 e. The summed E-state index contributed by atoms with van der Waals surface area (Å²) in [6.07, 6.45) is 0.871. The first-order chi connectivity index (χ1) is 5.16. The van der Waals surface area contributed by atoms with Crippen molar-refractivity contribution in [3.8, 4) is 0 Å². The molecule has 66 valence electrons. The molecule has 0 atom stereocenters. The van der Waals surface area contributed by atoms with Gasteiger partial charge in [-0.3, -0.25) is 4.84 Å². The van der Waals surface area contributed by atoms with Crippen LogP contribution in [0, 0.1) is 5.92 Å². The largest absolute Gasteiger partial charge is 0.464 e. The summed E-state index contributed by atoms with van der Waals surface area (Å²) in [7, 11) is 0. The molecular weight excluding hydrogens is 146 g/mol. The minimum Gasteiger partial charge on any atom is -0.464 e. The second-order valence-electron chi connectivity index (χ2n) is 2.71. The second kappa shape index (κ2) is 6.12. The Bertz CT molecular complexity index is 114. The lowest BCUT2D eigenvalue weighted by molar-refractivity contribution is -0.149. The summed E-state index contributed by atoms with van der Waals surface area (Å²) in [6.45, 7) is 4.40. The highest BCUT2D eigenvalue weighted by atomic mass is 16.6. The SMILES string of the molecule is CC(C)CCOC(=O)CON. The number of rotatable bonds is 5. The van der Waals surface area contributed by atoms with Gasteiger partial charge >= 0.3 is 5.97 Å². The van der Waals surface area contributed by atoms with Crippen molar-refractivity contribution >= 4 is 5.97 Å². The van der Waals surface area contributed by atoms with Crippen molar-refractivity contribution in [2.24, 2.45) is 11.8 Å². The molecule has 0 saturated carbocycles. The number of ether oxygens (including phenoxy) is 1. The molecule has 0 unspecified atom stereocenters. The highest BCUT2D eigenvalue weighted by Gasteiger charge is 2.01. The predicted octanol–water partition coefficient (Wildman–Crippen LogP) is 0.466. The maximum atomic E-state index is 10.6. The van der Waals surface area contributed by atoms with E-state index in [-0.39, 0.29) is 6.61 Å². The summed E-state index contributed by atoms with van der Waals surface area (Å²) < 4.78 is 4.75. The average molecular weight is 161 g/mol. The van der Waals surface area contributed by atoms with Gasteiger partial charge in [0.2, 0.25) is 0 Å². The zero-order valence-electron chi connectivity index (χ0n) is 7.00. The van der Waals surface area contributed by atoms with Gasteiger partial charge in [-0.05, 0) is 12.3 Å². The smallest absolute Gasteiger partial charge is 0.334 e. The molecule has 0 aromatic carbocycles. The van der Waals surface area contributed by atoms with Crippen molar-refractivity contribution < 1.29 is 14.4 Å². The summed E-state index contributed by atoms with van der Waals surface area (Å²) in [5, 5.41) is 0. The summed E-state index contributed by atoms with van der Waals surface area (Å²) in [5.74, 6) is 4.79. The monoisotopic (exact) mass is 161 g/mol. The molecule has 0 aromatic heterocycles. The molecule has 0 aromatic rings. The third-order valence-electron chi connectivity index (χ3n) is 1.16. The second-order valence-corrected chi connectivity index (χ2v) is 2.71. The van der Waals surface area contributed by atoms with Crippen molar-refractivity contribution in [1.29, 1.82) is 0 Å². The first-order valence-electron chi connectivity index (χ1n) is 3.64. The summed E-state index contributed by atoms with van der Waals surface area (Å²) in [6, 6.07) is 0. The van der Waals surface area contributed by atoms with E-state index in [4.69, 9.17) is 4.74 Å². The van der Waals surface area contributed by atoms with Crippen LogP contribution in [-0.4, -0.2) is 19.2 Å². The molecule has 0 spiro atoms. The van der Waals surface area contributed by atoms with Gasteiger partial charge in [-0.1, -0.05) is 13.8 Å². The Balaban J connectivity index is 3.17. The first kappa shape index (κ1) is 10.4. The molecule has 0 saturated heterocycles. The van der Waals surface area contributed by atoms with Gasteiger partial charge < -0.3 is 4.74 Å². The maximum absolute atomic E-state index is 10.6. The van der Waals surface area contributed by atoms with E-state index in [2.05, 4.69) is 24.6 Å². The van der Waals surface area contributed by atoms with Crippen LogP contribution in [0.25, 0.3) is 0 Å². The topological polar surface area (TPSA) is 61.5 Å². The number of hydrogen-bond acceptors (Lipinski definition) is 4. The Kier molecular flexibility index (Phi) is 5.78. The highest BCUT2D eigenvalue weighted by Crippen LogP contribution is 1.98. The molecule has 0 amide bonds. The van der Waals surface area contributed by atoms with E-state index < -0.39 is 5.97 Å². The molecule has 0 aliphatic heterocycles. The van der Waals surface area contributed by atoms with Crippen molar-refractivity contribution in [2.75, 3.05) is 13.2 Å². The lowest BCUT2D eigenvalue weighted by Gasteiger charge is -2.05. The zero-order valence-corrected chi connectivity index (χ0v) is 7.00. The van der Waals surface area contributed by atoms with E-state index in [1.54, 1.807) is 0 Å². The van der Waals surface area contributed by atoms with Crippen molar-refractivity contribution in [1.82, 2.24) is 0 Å². The quantitative estimate of drug-likeness (QED) is 0.470. The highest BCUT2D eigenvalue weighted by molar-refractivity contribution is 5.70. The van der Waals surface area contributed by atoms with Crippen LogP contribution in [0.5, 0.6) is 0 Å². The fourth-order valence-electron chi connectivity index (χ4n) is 0.518. The molecule has 2 N–H and O–H groups in total. The molecule has 0 bridgehead atoms. The molecule has 11 heavy (non-hydrogen) atoms. The number of carbonyl (C=O) groups is 1. The summed E-state index contributed by atoms with van der Waals surface area (Å²) >= 11 is 0. The van der Waals surface area contributed by atoms with Gasteiger partial charge in [-0.15, -0.1) is 0 Å². The molecular formula is C7H15NO3. The van der Waals surface area contributed by atoms with Gasteiger partial charge in [0.05, 0.1) is 6.61 Å². The van der Waals surface area contributed by atoms with E-state index in [9.17, 15) is 4.79 Å². The zero-order chi connectivity index (χ0) is 8.69. The number of esters is 1. The van der Waals surface area contributed by atoms with Crippen LogP contribution in [0.4, 0.5) is 0 Å². The number of hydrogen-bond donors (Lipinski definition) is 1. The first-order valence-corrected chi connectivity index (χ1v) is 3.64. The molecule has 0 aliphatic carbocycles. The van der Waals surface area contributed by atoms with Crippen molar-refractivity contribution in [2.45, 2.75) is 20.3 Å². The van der Waals surface area contributed by atoms with Gasteiger partial charge in [-0.2, -0.15) is 0 Å². The van der Waals surface area contributed by atoms with Crippen LogP contribution < -0.4 is 5.90 Å². The molecule has 0 radical (unpaired) electrons. The van der Waals surface area contributed by atoms with Crippen LogP contribution in [0.15, 0.2) is 0 Å². The van der Waals surface area contributed by atoms with Crippen LogP contribution in [0.2, 0.25) is 0 Å². The number of carbonyl (C=O) groups excluding carboxylic acids is 1. The fourth-order valence-corrected chi connectivity index (χ4v) is 0.518. The minimum absolute atomic E-state index is 0.169. The molecule has 0 aliphatic rings. The fraction of sp³-hybridized carbons (Fsp3) is 0.857. The molecule has 0 fully saturated rings. The Morgan fingerprint density at radius 3 is 2.64 bits per heavy atom. The van der Waals surface area contributed by atoms with E-state index >= 15 is 0 Å². The Morgan fingerprint density at radius 2 is 2.18 bits per heavy atom. The Labute approximate surface area is 66.6 Å². The van der Waals surface area contributed by atoms with E-state index in [0.29, 0.717) is 12.5 Å².